The van der Waals surface area contributed by atoms with Crippen molar-refractivity contribution in [3.05, 3.63) is 0 Å². The van der Waals surface area contributed by atoms with Gasteiger partial charge >= 0.3 is 6.09 Å². The van der Waals surface area contributed by atoms with Crippen molar-refractivity contribution in [2.75, 3.05) is 13.1 Å². The van der Waals surface area contributed by atoms with Gasteiger partial charge in [0.1, 0.15) is 0 Å². The van der Waals surface area contributed by atoms with Crippen LogP contribution in [0.25, 0.3) is 0 Å². The Morgan fingerprint density at radius 3 is 2.56 bits per heavy atom. The standard InChI is InChI=1S/C12H22N2O2/c1-12(2,3)10-5-4-8-6-13-7-9(8)14(10)11(15)16/h8-10,13H,4-7H2,1-3H3,(H,15,16)/t8-,9+,10?/m1/s1. The first-order valence-corrected chi connectivity index (χ1v) is 6.13. The Labute approximate surface area is 97.0 Å². The number of carbonyl (C=O) groups is 1. The summed E-state index contributed by atoms with van der Waals surface area (Å²) in [5.74, 6) is 0.523. The molecule has 2 saturated heterocycles. The quantitative estimate of drug-likeness (QED) is 0.662. The van der Waals surface area contributed by atoms with E-state index in [-0.39, 0.29) is 17.5 Å². The average Bonchev–Trinajstić information content (AvgIpc) is 2.61. The molecule has 0 aliphatic carbocycles. The lowest BCUT2D eigenvalue weighted by molar-refractivity contribution is 0.0148. The monoisotopic (exact) mass is 226 g/mol. The molecular weight excluding hydrogens is 204 g/mol. The van der Waals surface area contributed by atoms with Crippen LogP contribution in [0.15, 0.2) is 0 Å². The Morgan fingerprint density at radius 1 is 1.31 bits per heavy atom. The summed E-state index contributed by atoms with van der Waals surface area (Å²) in [4.78, 5) is 13.2. The van der Waals surface area contributed by atoms with E-state index in [9.17, 15) is 9.90 Å². The fourth-order valence-electron chi connectivity index (χ4n) is 3.21. The molecule has 16 heavy (non-hydrogen) atoms. The summed E-state index contributed by atoms with van der Waals surface area (Å²) in [5, 5.41) is 12.7. The molecule has 0 aromatic carbocycles. The van der Waals surface area contributed by atoms with Gasteiger partial charge in [-0.1, -0.05) is 20.8 Å². The van der Waals surface area contributed by atoms with Crippen LogP contribution in [0.2, 0.25) is 0 Å². The molecule has 1 amide bonds. The second-order valence-electron chi connectivity index (χ2n) is 6.13. The largest absolute Gasteiger partial charge is 0.465 e. The van der Waals surface area contributed by atoms with Gasteiger partial charge in [0.05, 0.1) is 6.04 Å². The highest BCUT2D eigenvalue weighted by atomic mass is 16.4. The van der Waals surface area contributed by atoms with Crippen molar-refractivity contribution in [2.24, 2.45) is 11.3 Å². The second-order valence-corrected chi connectivity index (χ2v) is 6.13. The van der Waals surface area contributed by atoms with Crippen molar-refractivity contribution >= 4 is 6.09 Å². The van der Waals surface area contributed by atoms with E-state index in [1.807, 2.05) is 0 Å². The third kappa shape index (κ3) is 1.90. The molecule has 2 N–H and O–H groups in total. The molecule has 0 spiro atoms. The van der Waals surface area contributed by atoms with Gasteiger partial charge in [0, 0.05) is 19.1 Å². The van der Waals surface area contributed by atoms with E-state index >= 15 is 0 Å². The Morgan fingerprint density at radius 2 is 2.00 bits per heavy atom. The Bertz CT molecular complexity index is 285. The smallest absolute Gasteiger partial charge is 0.407 e. The first-order chi connectivity index (χ1) is 7.41. The number of hydrogen-bond donors (Lipinski definition) is 2. The molecule has 2 aliphatic heterocycles. The van der Waals surface area contributed by atoms with Crippen LogP contribution in [-0.2, 0) is 0 Å². The molecule has 1 unspecified atom stereocenters. The van der Waals surface area contributed by atoms with Gasteiger partial charge in [-0.05, 0) is 24.2 Å². The van der Waals surface area contributed by atoms with Crippen LogP contribution in [0.4, 0.5) is 4.79 Å². The van der Waals surface area contributed by atoms with Gasteiger partial charge in [-0.3, -0.25) is 0 Å². The average molecular weight is 226 g/mol. The predicted molar refractivity (Wildman–Crippen MR) is 62.5 cm³/mol. The van der Waals surface area contributed by atoms with E-state index in [0.29, 0.717) is 5.92 Å². The van der Waals surface area contributed by atoms with Crippen LogP contribution in [0, 0.1) is 11.3 Å². The number of fused-ring (bicyclic) bond motifs is 1. The molecule has 4 nitrogen and oxygen atoms in total. The molecule has 0 aromatic heterocycles. The number of hydrogen-bond acceptors (Lipinski definition) is 2. The summed E-state index contributed by atoms with van der Waals surface area (Å²) in [6.07, 6.45) is 1.40. The Balaban J connectivity index is 2.23. The van der Waals surface area contributed by atoms with Gasteiger partial charge in [0.25, 0.3) is 0 Å². The minimum Gasteiger partial charge on any atom is -0.465 e. The van der Waals surface area contributed by atoms with Gasteiger partial charge in [-0.25, -0.2) is 4.79 Å². The summed E-state index contributed by atoms with van der Waals surface area (Å²) in [6, 6.07) is 0.349. The van der Waals surface area contributed by atoms with Crippen LogP contribution >= 0.6 is 0 Å². The molecule has 2 fully saturated rings. The van der Waals surface area contributed by atoms with Gasteiger partial charge in [0.2, 0.25) is 0 Å². The minimum atomic E-state index is -0.752. The van der Waals surface area contributed by atoms with Crippen molar-refractivity contribution < 1.29 is 9.90 Å². The summed E-state index contributed by atoms with van der Waals surface area (Å²) >= 11 is 0. The number of carboxylic acid groups (broad SMARTS) is 1. The van der Waals surface area contributed by atoms with Crippen molar-refractivity contribution in [3.8, 4) is 0 Å². The zero-order chi connectivity index (χ0) is 11.9. The molecule has 2 aliphatic rings. The summed E-state index contributed by atoms with van der Waals surface area (Å²) in [6.45, 7) is 8.21. The molecule has 92 valence electrons. The first kappa shape index (κ1) is 11.7. The van der Waals surface area contributed by atoms with E-state index in [0.717, 1.165) is 25.9 Å². The van der Waals surface area contributed by atoms with Gasteiger partial charge in [0.15, 0.2) is 0 Å². The fourth-order valence-corrected chi connectivity index (χ4v) is 3.21. The zero-order valence-electron chi connectivity index (χ0n) is 10.4. The molecule has 0 saturated carbocycles. The fraction of sp³-hybridized carbons (Fsp3) is 0.917. The topological polar surface area (TPSA) is 52.6 Å². The zero-order valence-corrected chi connectivity index (χ0v) is 10.4. The number of rotatable bonds is 0. The highest BCUT2D eigenvalue weighted by Gasteiger charge is 2.46. The molecular formula is C12H22N2O2. The van der Waals surface area contributed by atoms with Crippen molar-refractivity contribution in [3.63, 3.8) is 0 Å². The summed E-state index contributed by atoms with van der Waals surface area (Å²) in [5.41, 5.74) is 0.0337. The van der Waals surface area contributed by atoms with E-state index in [2.05, 4.69) is 26.1 Å². The van der Waals surface area contributed by atoms with Crippen molar-refractivity contribution in [1.29, 1.82) is 0 Å². The van der Waals surface area contributed by atoms with E-state index < -0.39 is 6.09 Å². The maximum atomic E-state index is 11.5. The normalized spacial score (nSPS) is 34.9. The van der Waals surface area contributed by atoms with Gasteiger partial charge in [-0.15, -0.1) is 0 Å². The van der Waals surface area contributed by atoms with Crippen LogP contribution in [-0.4, -0.2) is 41.3 Å². The molecule has 3 atom stereocenters. The van der Waals surface area contributed by atoms with Gasteiger partial charge in [-0.2, -0.15) is 0 Å². The third-order valence-electron chi connectivity index (χ3n) is 4.03. The van der Waals surface area contributed by atoms with E-state index in [1.54, 1.807) is 4.90 Å². The molecule has 0 radical (unpaired) electrons. The molecule has 2 rings (SSSR count). The maximum Gasteiger partial charge on any atom is 0.407 e. The van der Waals surface area contributed by atoms with Crippen molar-refractivity contribution in [2.45, 2.75) is 45.7 Å². The molecule has 4 heteroatoms. The summed E-state index contributed by atoms with van der Waals surface area (Å²) in [7, 11) is 0. The number of nitrogens with zero attached hydrogens (tertiary/aromatic N) is 1. The minimum absolute atomic E-state index is 0.0337. The number of piperidine rings is 1. The van der Waals surface area contributed by atoms with E-state index in [1.165, 1.54) is 0 Å². The maximum absolute atomic E-state index is 11.5. The predicted octanol–water partition coefficient (Wildman–Crippen LogP) is 1.76. The van der Waals surface area contributed by atoms with Crippen LogP contribution < -0.4 is 5.32 Å². The number of nitrogens with one attached hydrogen (secondary N) is 1. The SMILES string of the molecule is CC(C)(C)C1CC[C@@H]2CNC[C@@H]2N1C(=O)O. The van der Waals surface area contributed by atoms with Crippen LogP contribution in [0.3, 0.4) is 0 Å². The molecule has 0 bridgehead atoms. The van der Waals surface area contributed by atoms with Crippen LogP contribution in [0.5, 0.6) is 0 Å². The van der Waals surface area contributed by atoms with Crippen molar-refractivity contribution in [1.82, 2.24) is 10.2 Å². The van der Waals surface area contributed by atoms with E-state index in [4.69, 9.17) is 0 Å². The highest BCUT2D eigenvalue weighted by Crippen LogP contribution is 2.38. The van der Waals surface area contributed by atoms with Gasteiger partial charge < -0.3 is 15.3 Å². The Hall–Kier alpha value is -0.770. The highest BCUT2D eigenvalue weighted by molar-refractivity contribution is 5.66. The lowest BCUT2D eigenvalue weighted by atomic mass is 9.76. The van der Waals surface area contributed by atoms with Crippen LogP contribution in [0.1, 0.15) is 33.6 Å². The number of likely N-dealkylation sites (tertiary alicyclic amines) is 1. The second kappa shape index (κ2) is 3.91. The molecule has 0 aromatic rings. The lowest BCUT2D eigenvalue weighted by Crippen LogP contribution is -2.57. The summed E-state index contributed by atoms with van der Waals surface area (Å²) < 4.78 is 0. The first-order valence-electron chi connectivity index (χ1n) is 6.13. The number of amides is 1. The molecule has 2 heterocycles. The third-order valence-corrected chi connectivity index (χ3v) is 4.03. The lowest BCUT2D eigenvalue weighted by Gasteiger charge is -2.47. The Kier molecular flexibility index (Phi) is 2.86.